The van der Waals surface area contributed by atoms with Crippen LogP contribution in [0.2, 0.25) is 0 Å². The number of rotatable bonds is 4. The predicted molar refractivity (Wildman–Crippen MR) is 56.8 cm³/mol. The highest BCUT2D eigenvalue weighted by atomic mass is 16.4. The molecule has 5 heteroatoms. The highest BCUT2D eigenvalue weighted by Gasteiger charge is 2.14. The number of hydrogen-bond donors (Lipinski definition) is 1. The summed E-state index contributed by atoms with van der Waals surface area (Å²) in [4.78, 5) is 26.1. The van der Waals surface area contributed by atoms with Gasteiger partial charge in [-0.15, -0.1) is 0 Å². The van der Waals surface area contributed by atoms with E-state index in [0.717, 1.165) is 0 Å². The van der Waals surface area contributed by atoms with Gasteiger partial charge in [-0.3, -0.25) is 9.59 Å². The van der Waals surface area contributed by atoms with Gasteiger partial charge in [0, 0.05) is 12.8 Å². The van der Waals surface area contributed by atoms with E-state index >= 15 is 0 Å². The average Bonchev–Trinajstić information content (AvgIpc) is 2.69. The van der Waals surface area contributed by atoms with Gasteiger partial charge in [0.15, 0.2) is 5.58 Å². The molecule has 2 aromatic rings. The van der Waals surface area contributed by atoms with Crippen LogP contribution in [0.15, 0.2) is 28.7 Å². The molecular weight excluding hydrogens is 208 g/mol. The van der Waals surface area contributed by atoms with E-state index < -0.39 is 5.91 Å². The maximum atomic E-state index is 11.6. The third-order valence-corrected chi connectivity index (χ3v) is 2.13. The molecule has 0 aliphatic rings. The molecule has 0 aliphatic heterocycles. The quantitative estimate of drug-likeness (QED) is 0.783. The Morgan fingerprint density at radius 2 is 2.00 bits per heavy atom. The molecule has 1 heterocycles. The fraction of sp³-hybridized carbons (Fsp3) is 0.182. The van der Waals surface area contributed by atoms with E-state index in [1.165, 1.54) is 0 Å². The first-order valence-corrected chi connectivity index (χ1v) is 4.84. The summed E-state index contributed by atoms with van der Waals surface area (Å²) >= 11 is 0. The highest BCUT2D eigenvalue weighted by Crippen LogP contribution is 2.15. The maximum absolute atomic E-state index is 11.6. The van der Waals surface area contributed by atoms with Gasteiger partial charge in [0.25, 0.3) is 5.89 Å². The number of amides is 1. The number of hydrogen-bond acceptors (Lipinski definition) is 4. The Morgan fingerprint density at radius 1 is 1.25 bits per heavy atom. The molecule has 1 amide bonds. The Hall–Kier alpha value is -2.17. The number of carbonyl (C=O) groups excluding carboxylic acids is 2. The van der Waals surface area contributed by atoms with Crippen molar-refractivity contribution < 1.29 is 14.0 Å². The third-order valence-electron chi connectivity index (χ3n) is 2.13. The van der Waals surface area contributed by atoms with Crippen LogP contribution >= 0.6 is 0 Å². The number of para-hydroxylation sites is 2. The van der Waals surface area contributed by atoms with Crippen LogP contribution in [0.4, 0.5) is 0 Å². The first-order valence-electron chi connectivity index (χ1n) is 4.84. The number of primary amides is 1. The smallest absolute Gasteiger partial charge is 0.264 e. The van der Waals surface area contributed by atoms with Crippen LogP contribution in [0.5, 0.6) is 0 Å². The van der Waals surface area contributed by atoms with E-state index in [2.05, 4.69) is 4.98 Å². The number of oxazole rings is 1. The van der Waals surface area contributed by atoms with Crippen molar-refractivity contribution in [3.8, 4) is 0 Å². The van der Waals surface area contributed by atoms with Crippen molar-refractivity contribution in [2.24, 2.45) is 5.73 Å². The first kappa shape index (κ1) is 10.4. The lowest BCUT2D eigenvalue weighted by atomic mass is 10.2. The lowest BCUT2D eigenvalue weighted by Gasteiger charge is -1.92. The number of nitrogens with zero attached hydrogens (tertiary/aromatic N) is 1. The SMILES string of the molecule is NC(=O)CCC(=O)c1nc2ccccc2o1. The molecule has 0 bridgehead atoms. The number of nitrogens with two attached hydrogens (primary N) is 1. The zero-order valence-corrected chi connectivity index (χ0v) is 8.47. The van der Waals surface area contributed by atoms with Crippen molar-refractivity contribution in [1.29, 1.82) is 0 Å². The van der Waals surface area contributed by atoms with Crippen LogP contribution in [0.25, 0.3) is 11.1 Å². The summed E-state index contributed by atoms with van der Waals surface area (Å²) < 4.78 is 5.25. The minimum absolute atomic E-state index is 0.0115. The monoisotopic (exact) mass is 218 g/mol. The van der Waals surface area contributed by atoms with Gasteiger partial charge >= 0.3 is 0 Å². The Kier molecular flexibility index (Phi) is 2.68. The Morgan fingerprint density at radius 3 is 2.69 bits per heavy atom. The second kappa shape index (κ2) is 4.14. The molecule has 0 fully saturated rings. The topological polar surface area (TPSA) is 86.2 Å². The molecule has 0 saturated heterocycles. The second-order valence-corrected chi connectivity index (χ2v) is 3.38. The Balaban J connectivity index is 2.20. The van der Waals surface area contributed by atoms with Gasteiger partial charge in [-0.1, -0.05) is 12.1 Å². The molecular formula is C11H10N2O3. The fourth-order valence-electron chi connectivity index (χ4n) is 1.34. The van der Waals surface area contributed by atoms with Crippen LogP contribution in [0.1, 0.15) is 23.5 Å². The average molecular weight is 218 g/mol. The lowest BCUT2D eigenvalue weighted by Crippen LogP contribution is -2.12. The molecule has 2 rings (SSSR count). The lowest BCUT2D eigenvalue weighted by molar-refractivity contribution is -0.118. The van der Waals surface area contributed by atoms with Gasteiger partial charge in [0.1, 0.15) is 5.52 Å². The fourth-order valence-corrected chi connectivity index (χ4v) is 1.34. The molecule has 2 N–H and O–H groups in total. The maximum Gasteiger partial charge on any atom is 0.264 e. The first-order chi connectivity index (χ1) is 7.66. The highest BCUT2D eigenvalue weighted by molar-refractivity contribution is 5.95. The summed E-state index contributed by atoms with van der Waals surface area (Å²) in [5, 5.41) is 0. The van der Waals surface area contributed by atoms with Crippen molar-refractivity contribution >= 4 is 22.8 Å². The summed E-state index contributed by atoms with van der Waals surface area (Å²) in [6.07, 6.45) is 0.0414. The molecule has 0 radical (unpaired) electrons. The molecule has 0 atom stereocenters. The summed E-state index contributed by atoms with van der Waals surface area (Å²) in [5.41, 5.74) is 6.14. The van der Waals surface area contributed by atoms with E-state index in [1.807, 2.05) is 6.07 Å². The zero-order valence-electron chi connectivity index (χ0n) is 8.47. The van der Waals surface area contributed by atoms with E-state index in [-0.39, 0.29) is 24.5 Å². The van der Waals surface area contributed by atoms with Crippen molar-refractivity contribution in [1.82, 2.24) is 4.98 Å². The van der Waals surface area contributed by atoms with Crippen molar-refractivity contribution in [2.75, 3.05) is 0 Å². The number of aromatic nitrogens is 1. The Labute approximate surface area is 91.2 Å². The summed E-state index contributed by atoms with van der Waals surface area (Å²) in [6.45, 7) is 0. The standard InChI is InChI=1S/C11H10N2O3/c12-10(15)6-5-8(14)11-13-7-3-1-2-4-9(7)16-11/h1-4H,5-6H2,(H2,12,15). The van der Waals surface area contributed by atoms with Crippen LogP contribution < -0.4 is 5.73 Å². The zero-order chi connectivity index (χ0) is 11.5. The molecule has 82 valence electrons. The van der Waals surface area contributed by atoms with E-state index in [9.17, 15) is 9.59 Å². The minimum atomic E-state index is -0.510. The molecule has 1 aromatic carbocycles. The van der Waals surface area contributed by atoms with E-state index in [1.54, 1.807) is 18.2 Å². The number of carbonyl (C=O) groups is 2. The summed E-state index contributed by atoms with van der Waals surface area (Å²) in [6, 6.07) is 7.09. The number of fused-ring (bicyclic) bond motifs is 1. The molecule has 1 aromatic heterocycles. The largest absolute Gasteiger partial charge is 0.434 e. The summed E-state index contributed by atoms with van der Waals surface area (Å²) in [5.74, 6) is -0.790. The van der Waals surface area contributed by atoms with Gasteiger partial charge < -0.3 is 10.2 Å². The number of benzene rings is 1. The van der Waals surface area contributed by atoms with Crippen molar-refractivity contribution in [3.05, 3.63) is 30.2 Å². The van der Waals surface area contributed by atoms with Crippen LogP contribution in [0.3, 0.4) is 0 Å². The van der Waals surface area contributed by atoms with E-state index in [0.29, 0.717) is 11.1 Å². The molecule has 0 saturated carbocycles. The molecule has 16 heavy (non-hydrogen) atoms. The van der Waals surface area contributed by atoms with Gasteiger partial charge in [-0.2, -0.15) is 0 Å². The number of ketones is 1. The van der Waals surface area contributed by atoms with Crippen LogP contribution in [-0.4, -0.2) is 16.7 Å². The molecule has 0 spiro atoms. The number of Topliss-reactive ketones (excluding diaryl/α,β-unsaturated/α-hetero) is 1. The van der Waals surface area contributed by atoms with Crippen molar-refractivity contribution in [3.63, 3.8) is 0 Å². The van der Waals surface area contributed by atoms with Crippen LogP contribution in [-0.2, 0) is 4.79 Å². The van der Waals surface area contributed by atoms with Gasteiger partial charge in [0.05, 0.1) is 0 Å². The van der Waals surface area contributed by atoms with E-state index in [4.69, 9.17) is 10.2 Å². The molecule has 0 aliphatic carbocycles. The third kappa shape index (κ3) is 2.08. The van der Waals surface area contributed by atoms with Gasteiger partial charge in [-0.25, -0.2) is 4.98 Å². The molecule has 0 unspecified atom stereocenters. The van der Waals surface area contributed by atoms with Crippen LogP contribution in [0, 0.1) is 0 Å². The predicted octanol–water partition coefficient (Wildman–Crippen LogP) is 1.28. The van der Waals surface area contributed by atoms with Gasteiger partial charge in [-0.05, 0) is 12.1 Å². The van der Waals surface area contributed by atoms with Crippen molar-refractivity contribution in [2.45, 2.75) is 12.8 Å². The minimum Gasteiger partial charge on any atom is -0.434 e. The van der Waals surface area contributed by atoms with Gasteiger partial charge in [0.2, 0.25) is 11.7 Å². The second-order valence-electron chi connectivity index (χ2n) is 3.38. The molecule has 5 nitrogen and oxygen atoms in total. The summed E-state index contributed by atoms with van der Waals surface area (Å²) in [7, 11) is 0. The normalized spacial score (nSPS) is 10.5. The Bertz CT molecular complexity index is 512.